The van der Waals surface area contributed by atoms with Gasteiger partial charge in [0.15, 0.2) is 0 Å². The summed E-state index contributed by atoms with van der Waals surface area (Å²) in [4.78, 5) is 26.6. The number of rotatable bonds is 4. The topological polar surface area (TPSA) is 73.9 Å². The Balaban J connectivity index is 1.45. The minimum atomic E-state index is -0.300. The van der Waals surface area contributed by atoms with E-state index in [1.165, 1.54) is 12.1 Å². The highest BCUT2D eigenvalue weighted by atomic mass is 19.1. The molecule has 1 atom stereocenters. The number of carbonyl (C=O) groups is 1. The van der Waals surface area contributed by atoms with Gasteiger partial charge in [0, 0.05) is 31.4 Å². The maximum Gasteiger partial charge on any atom is 0.318 e. The minimum absolute atomic E-state index is 0.0951. The highest BCUT2D eigenvalue weighted by Gasteiger charge is 2.30. The Labute approximate surface area is 156 Å². The van der Waals surface area contributed by atoms with E-state index < -0.39 is 0 Å². The number of hydrogen-bond donors (Lipinski definition) is 2. The van der Waals surface area contributed by atoms with Crippen molar-refractivity contribution in [1.29, 1.82) is 0 Å². The lowest BCUT2D eigenvalue weighted by molar-refractivity contribution is 0.148. The molecule has 4 rings (SSSR count). The number of imidazole rings is 1. The summed E-state index contributed by atoms with van der Waals surface area (Å²) in [5.41, 5.74) is 2.32. The molecule has 0 spiro atoms. The van der Waals surface area contributed by atoms with Gasteiger partial charge >= 0.3 is 6.03 Å². The van der Waals surface area contributed by atoms with E-state index in [2.05, 4.69) is 20.3 Å². The Morgan fingerprint density at radius 3 is 3.07 bits per heavy atom. The van der Waals surface area contributed by atoms with E-state index in [0.29, 0.717) is 30.5 Å². The first-order valence-corrected chi connectivity index (χ1v) is 9.30. The molecule has 1 aromatic carbocycles. The second-order valence-electron chi connectivity index (χ2n) is 6.79. The Hall–Kier alpha value is -2.96. The van der Waals surface area contributed by atoms with Crippen LogP contribution in [0.1, 0.15) is 36.8 Å². The van der Waals surface area contributed by atoms with Crippen LogP contribution in [-0.2, 0) is 6.42 Å². The van der Waals surface area contributed by atoms with Gasteiger partial charge in [0.2, 0.25) is 0 Å². The average molecular weight is 367 g/mol. The zero-order chi connectivity index (χ0) is 18.6. The summed E-state index contributed by atoms with van der Waals surface area (Å²) in [7, 11) is 0. The molecule has 27 heavy (non-hydrogen) atoms. The molecule has 0 bridgehead atoms. The fourth-order valence-corrected chi connectivity index (χ4v) is 3.56. The molecule has 1 saturated heterocycles. The second-order valence-corrected chi connectivity index (χ2v) is 6.79. The monoisotopic (exact) mass is 367 g/mol. The van der Waals surface area contributed by atoms with Gasteiger partial charge in [-0.25, -0.2) is 14.2 Å². The maximum absolute atomic E-state index is 13.4. The van der Waals surface area contributed by atoms with Crippen LogP contribution in [0.4, 0.5) is 9.18 Å². The van der Waals surface area contributed by atoms with Crippen LogP contribution < -0.4 is 5.32 Å². The number of nitrogens with one attached hydrogen (secondary N) is 2. The van der Waals surface area contributed by atoms with Gasteiger partial charge in [-0.05, 0) is 49.6 Å². The van der Waals surface area contributed by atoms with Gasteiger partial charge in [0.1, 0.15) is 11.6 Å². The maximum atomic E-state index is 13.4. The van der Waals surface area contributed by atoms with Crippen molar-refractivity contribution in [2.75, 3.05) is 13.1 Å². The first kappa shape index (κ1) is 17.5. The van der Waals surface area contributed by atoms with Crippen LogP contribution in [0.15, 0.2) is 42.6 Å². The summed E-state index contributed by atoms with van der Waals surface area (Å²) in [6.45, 7) is 1.22. The van der Waals surface area contributed by atoms with Gasteiger partial charge in [-0.2, -0.15) is 0 Å². The number of likely N-dealkylation sites (tertiary alicyclic amines) is 1. The Morgan fingerprint density at radius 2 is 2.22 bits per heavy atom. The van der Waals surface area contributed by atoms with Crippen LogP contribution in [0.2, 0.25) is 0 Å². The number of nitrogens with zero attached hydrogens (tertiary/aromatic N) is 3. The van der Waals surface area contributed by atoms with Crippen LogP contribution in [0, 0.1) is 5.82 Å². The molecule has 0 saturated carbocycles. The van der Waals surface area contributed by atoms with E-state index in [1.807, 2.05) is 23.1 Å². The minimum Gasteiger partial charge on any atom is -0.340 e. The van der Waals surface area contributed by atoms with Gasteiger partial charge in [0.05, 0.1) is 17.1 Å². The van der Waals surface area contributed by atoms with Gasteiger partial charge in [-0.3, -0.25) is 4.98 Å². The van der Waals surface area contributed by atoms with E-state index in [9.17, 15) is 9.18 Å². The second kappa shape index (κ2) is 7.73. The normalized spacial score (nSPS) is 17.2. The number of aromatic nitrogens is 3. The summed E-state index contributed by atoms with van der Waals surface area (Å²) in [6.07, 6.45) is 5.29. The summed E-state index contributed by atoms with van der Waals surface area (Å²) in [6, 6.07) is 10.0. The molecule has 1 aliphatic rings. The standard InChI is InChI=1S/C20H22FN5O/c21-14-7-8-16-17(13-14)25-19(24-16)18-6-2-4-12-26(18)20(27)23-11-9-15-5-1-3-10-22-15/h1,3,5,7-8,10,13,18H,2,4,6,9,11-12H2,(H,23,27)(H,24,25)/t18-/m1/s1. The zero-order valence-electron chi connectivity index (χ0n) is 15.0. The summed E-state index contributed by atoms with van der Waals surface area (Å²) >= 11 is 0. The lowest BCUT2D eigenvalue weighted by atomic mass is 10.0. The number of aromatic amines is 1. The van der Waals surface area contributed by atoms with Gasteiger partial charge < -0.3 is 15.2 Å². The van der Waals surface area contributed by atoms with Crippen molar-refractivity contribution < 1.29 is 9.18 Å². The van der Waals surface area contributed by atoms with E-state index in [1.54, 1.807) is 12.3 Å². The SMILES string of the molecule is O=C(NCCc1ccccn1)N1CCCC[C@@H]1c1nc2ccc(F)cc2[nH]1. The van der Waals surface area contributed by atoms with Crippen molar-refractivity contribution in [3.63, 3.8) is 0 Å². The molecule has 2 aromatic heterocycles. The van der Waals surface area contributed by atoms with Crippen LogP contribution >= 0.6 is 0 Å². The number of fused-ring (bicyclic) bond motifs is 1. The lowest BCUT2D eigenvalue weighted by Gasteiger charge is -2.34. The van der Waals surface area contributed by atoms with E-state index >= 15 is 0 Å². The van der Waals surface area contributed by atoms with Crippen LogP contribution in [-0.4, -0.2) is 39.0 Å². The molecule has 0 aliphatic carbocycles. The first-order valence-electron chi connectivity index (χ1n) is 9.30. The lowest BCUT2D eigenvalue weighted by Crippen LogP contribution is -2.45. The number of amides is 2. The molecule has 140 valence electrons. The predicted octanol–water partition coefficient (Wildman–Crippen LogP) is 3.58. The molecule has 2 amide bonds. The molecule has 0 unspecified atom stereocenters. The molecule has 3 heterocycles. The number of H-pyrrole nitrogens is 1. The fraction of sp³-hybridized carbons (Fsp3) is 0.350. The van der Waals surface area contributed by atoms with Crippen molar-refractivity contribution in [3.05, 3.63) is 59.9 Å². The van der Waals surface area contributed by atoms with Crippen molar-refractivity contribution in [1.82, 2.24) is 25.2 Å². The highest BCUT2D eigenvalue weighted by Crippen LogP contribution is 2.30. The van der Waals surface area contributed by atoms with Crippen molar-refractivity contribution in [2.24, 2.45) is 0 Å². The molecule has 0 radical (unpaired) electrons. The van der Waals surface area contributed by atoms with Gasteiger partial charge in [-0.1, -0.05) is 6.07 Å². The van der Waals surface area contributed by atoms with Crippen molar-refractivity contribution >= 4 is 17.1 Å². The molecule has 1 fully saturated rings. The van der Waals surface area contributed by atoms with Gasteiger partial charge in [-0.15, -0.1) is 0 Å². The van der Waals surface area contributed by atoms with E-state index in [0.717, 1.165) is 30.8 Å². The summed E-state index contributed by atoms with van der Waals surface area (Å²) < 4.78 is 13.4. The number of hydrogen-bond acceptors (Lipinski definition) is 3. The largest absolute Gasteiger partial charge is 0.340 e. The number of benzene rings is 1. The van der Waals surface area contributed by atoms with Gasteiger partial charge in [0.25, 0.3) is 0 Å². The fourth-order valence-electron chi connectivity index (χ4n) is 3.56. The Morgan fingerprint density at radius 1 is 1.30 bits per heavy atom. The summed E-state index contributed by atoms with van der Waals surface area (Å²) in [5, 5.41) is 2.99. The third-order valence-electron chi connectivity index (χ3n) is 4.93. The van der Waals surface area contributed by atoms with E-state index in [-0.39, 0.29) is 17.9 Å². The predicted molar refractivity (Wildman–Crippen MR) is 101 cm³/mol. The molecule has 2 N–H and O–H groups in total. The quantitative estimate of drug-likeness (QED) is 0.740. The zero-order valence-corrected chi connectivity index (χ0v) is 15.0. The molecular formula is C20H22FN5O. The van der Waals surface area contributed by atoms with Crippen LogP contribution in [0.3, 0.4) is 0 Å². The van der Waals surface area contributed by atoms with Crippen molar-refractivity contribution in [2.45, 2.75) is 31.7 Å². The Kier molecular flexibility index (Phi) is 5.00. The number of urea groups is 1. The molecule has 3 aromatic rings. The third-order valence-corrected chi connectivity index (χ3v) is 4.93. The number of carbonyl (C=O) groups excluding carboxylic acids is 1. The number of pyridine rings is 1. The van der Waals surface area contributed by atoms with Crippen molar-refractivity contribution in [3.8, 4) is 0 Å². The highest BCUT2D eigenvalue weighted by molar-refractivity contribution is 5.76. The van der Waals surface area contributed by atoms with Crippen LogP contribution in [0.25, 0.3) is 11.0 Å². The van der Waals surface area contributed by atoms with Crippen LogP contribution in [0.5, 0.6) is 0 Å². The van der Waals surface area contributed by atoms with E-state index in [4.69, 9.17) is 0 Å². The molecule has 7 heteroatoms. The Bertz CT molecular complexity index is 927. The molecule has 1 aliphatic heterocycles. The molecular weight excluding hydrogens is 345 g/mol. The number of halogens is 1. The first-order chi connectivity index (χ1) is 13.2. The number of piperidine rings is 1. The summed E-state index contributed by atoms with van der Waals surface area (Å²) in [5.74, 6) is 0.417. The molecule has 6 nitrogen and oxygen atoms in total. The smallest absolute Gasteiger partial charge is 0.318 e. The average Bonchev–Trinajstić information content (AvgIpc) is 3.12. The third kappa shape index (κ3) is 3.92.